The number of anilines is 1. The number of benzene rings is 1. The van der Waals surface area contributed by atoms with E-state index in [2.05, 4.69) is 22.0 Å². The van der Waals surface area contributed by atoms with Crippen LogP contribution in [0.2, 0.25) is 5.15 Å². The first-order valence-electron chi connectivity index (χ1n) is 5.65. The molecule has 2 heterocycles. The second-order valence-electron chi connectivity index (χ2n) is 4.19. The molecule has 1 saturated heterocycles. The Balaban J connectivity index is 2.13. The number of halogens is 1. The molecule has 0 N–H and O–H groups in total. The summed E-state index contributed by atoms with van der Waals surface area (Å²) in [6.07, 6.45) is 2.51. The zero-order valence-corrected chi connectivity index (χ0v) is 9.74. The van der Waals surface area contributed by atoms with Gasteiger partial charge >= 0.3 is 0 Å². The average Bonchev–Trinajstić information content (AvgIpc) is 2.82. The van der Waals surface area contributed by atoms with E-state index in [4.69, 9.17) is 11.6 Å². The third kappa shape index (κ3) is 1.63. The van der Waals surface area contributed by atoms with Crippen molar-refractivity contribution in [1.29, 1.82) is 0 Å². The van der Waals surface area contributed by atoms with Crippen LogP contribution in [0.1, 0.15) is 12.8 Å². The van der Waals surface area contributed by atoms with Crippen molar-refractivity contribution >= 4 is 28.2 Å². The highest BCUT2D eigenvalue weighted by molar-refractivity contribution is 6.34. The molecule has 1 fully saturated rings. The van der Waals surface area contributed by atoms with Crippen LogP contribution in [0.15, 0.2) is 30.3 Å². The van der Waals surface area contributed by atoms with Crippen LogP contribution in [0.5, 0.6) is 0 Å². The van der Waals surface area contributed by atoms with Crippen LogP contribution in [0, 0.1) is 0 Å². The topological polar surface area (TPSA) is 16.1 Å². The van der Waals surface area contributed by atoms with Crippen LogP contribution in [-0.2, 0) is 0 Å². The molecule has 1 aromatic heterocycles. The summed E-state index contributed by atoms with van der Waals surface area (Å²) < 4.78 is 0. The minimum absolute atomic E-state index is 0.611. The van der Waals surface area contributed by atoms with Crippen LogP contribution in [0.3, 0.4) is 0 Å². The molecule has 2 aromatic rings. The minimum atomic E-state index is 0.611. The smallest absolute Gasteiger partial charge is 0.139 e. The Morgan fingerprint density at radius 1 is 1.12 bits per heavy atom. The summed E-state index contributed by atoms with van der Waals surface area (Å²) in [6.45, 7) is 2.20. The maximum Gasteiger partial charge on any atom is 0.139 e. The predicted molar refractivity (Wildman–Crippen MR) is 68.2 cm³/mol. The van der Waals surface area contributed by atoms with E-state index in [1.165, 1.54) is 18.2 Å². The Labute approximate surface area is 99.8 Å². The van der Waals surface area contributed by atoms with Gasteiger partial charge in [0.2, 0.25) is 0 Å². The summed E-state index contributed by atoms with van der Waals surface area (Å²) in [5.41, 5.74) is 0. The highest BCUT2D eigenvalue weighted by Crippen LogP contribution is 2.27. The summed E-state index contributed by atoms with van der Waals surface area (Å²) in [4.78, 5) is 6.78. The molecular formula is C13H13ClN2. The molecule has 16 heavy (non-hydrogen) atoms. The van der Waals surface area contributed by atoms with Crippen LogP contribution in [-0.4, -0.2) is 18.1 Å². The van der Waals surface area contributed by atoms with Gasteiger partial charge in [-0.15, -0.1) is 0 Å². The Kier molecular flexibility index (Phi) is 2.44. The van der Waals surface area contributed by atoms with Crippen molar-refractivity contribution < 1.29 is 0 Å². The first-order valence-corrected chi connectivity index (χ1v) is 6.02. The average molecular weight is 233 g/mol. The van der Waals surface area contributed by atoms with Gasteiger partial charge in [-0.1, -0.05) is 35.9 Å². The number of pyridine rings is 1. The first-order chi connectivity index (χ1) is 7.84. The Hall–Kier alpha value is -1.28. The number of aromatic nitrogens is 1. The van der Waals surface area contributed by atoms with Gasteiger partial charge in [-0.25, -0.2) is 4.98 Å². The summed E-state index contributed by atoms with van der Waals surface area (Å²) in [5.74, 6) is 1.02. The Bertz CT molecular complexity index is 518. The van der Waals surface area contributed by atoms with Gasteiger partial charge in [-0.2, -0.15) is 0 Å². The monoisotopic (exact) mass is 232 g/mol. The van der Waals surface area contributed by atoms with Crippen molar-refractivity contribution in [3.05, 3.63) is 35.5 Å². The fraction of sp³-hybridized carbons (Fsp3) is 0.308. The third-order valence-electron chi connectivity index (χ3n) is 3.11. The second kappa shape index (κ2) is 3.95. The lowest BCUT2D eigenvalue weighted by Crippen LogP contribution is -2.18. The number of hydrogen-bond acceptors (Lipinski definition) is 2. The molecule has 0 aliphatic carbocycles. The van der Waals surface area contributed by atoms with Crippen LogP contribution >= 0.6 is 11.6 Å². The first kappa shape index (κ1) is 9.91. The summed E-state index contributed by atoms with van der Waals surface area (Å²) >= 11 is 6.20. The molecule has 1 aliphatic heterocycles. The summed E-state index contributed by atoms with van der Waals surface area (Å²) in [7, 11) is 0. The van der Waals surface area contributed by atoms with E-state index >= 15 is 0 Å². The number of rotatable bonds is 1. The quantitative estimate of drug-likeness (QED) is 0.700. The van der Waals surface area contributed by atoms with Gasteiger partial charge < -0.3 is 4.90 Å². The molecule has 1 aliphatic rings. The van der Waals surface area contributed by atoms with Gasteiger partial charge in [0.15, 0.2) is 0 Å². The van der Waals surface area contributed by atoms with Gasteiger partial charge in [-0.3, -0.25) is 0 Å². The van der Waals surface area contributed by atoms with Crippen molar-refractivity contribution in [1.82, 2.24) is 4.98 Å². The minimum Gasteiger partial charge on any atom is -0.357 e. The lowest BCUT2D eigenvalue weighted by Gasteiger charge is -2.17. The van der Waals surface area contributed by atoms with E-state index in [0.717, 1.165) is 24.3 Å². The van der Waals surface area contributed by atoms with E-state index < -0.39 is 0 Å². The van der Waals surface area contributed by atoms with E-state index in [9.17, 15) is 0 Å². The molecule has 0 amide bonds. The molecule has 0 atom stereocenters. The highest BCUT2D eigenvalue weighted by atomic mass is 35.5. The van der Waals surface area contributed by atoms with Gasteiger partial charge in [-0.05, 0) is 24.3 Å². The molecule has 0 radical (unpaired) electrons. The fourth-order valence-electron chi connectivity index (χ4n) is 2.25. The standard InChI is InChI=1S/C13H13ClN2/c14-13-11-6-2-1-5-10(11)9-12(15-13)16-7-3-4-8-16/h1-2,5-6,9H,3-4,7-8H2. The molecule has 0 saturated carbocycles. The van der Waals surface area contributed by atoms with Crippen molar-refractivity contribution in [3.8, 4) is 0 Å². The van der Waals surface area contributed by atoms with E-state index in [1.54, 1.807) is 0 Å². The normalized spacial score (nSPS) is 15.9. The Morgan fingerprint density at radius 2 is 1.88 bits per heavy atom. The SMILES string of the molecule is Clc1nc(N2CCCC2)cc2ccccc12. The van der Waals surface area contributed by atoms with Crippen molar-refractivity contribution in [2.75, 3.05) is 18.0 Å². The molecular weight excluding hydrogens is 220 g/mol. The molecule has 1 aromatic carbocycles. The summed E-state index contributed by atoms with van der Waals surface area (Å²) in [6, 6.07) is 10.3. The lowest BCUT2D eigenvalue weighted by molar-refractivity contribution is 0.941. The van der Waals surface area contributed by atoms with Crippen molar-refractivity contribution in [3.63, 3.8) is 0 Å². The number of fused-ring (bicyclic) bond motifs is 1. The predicted octanol–water partition coefficient (Wildman–Crippen LogP) is 3.49. The largest absolute Gasteiger partial charge is 0.357 e. The second-order valence-corrected chi connectivity index (χ2v) is 4.54. The van der Waals surface area contributed by atoms with E-state index in [-0.39, 0.29) is 0 Å². The fourth-order valence-corrected chi connectivity index (χ4v) is 2.51. The highest BCUT2D eigenvalue weighted by Gasteiger charge is 2.14. The van der Waals surface area contributed by atoms with Crippen molar-refractivity contribution in [2.24, 2.45) is 0 Å². The molecule has 0 spiro atoms. The zero-order chi connectivity index (χ0) is 11.0. The lowest BCUT2D eigenvalue weighted by atomic mass is 10.2. The van der Waals surface area contributed by atoms with Crippen LogP contribution in [0.25, 0.3) is 10.8 Å². The van der Waals surface area contributed by atoms with E-state index in [1.807, 2.05) is 18.2 Å². The summed E-state index contributed by atoms with van der Waals surface area (Å²) in [5, 5.41) is 2.82. The number of hydrogen-bond donors (Lipinski definition) is 0. The maximum absolute atomic E-state index is 6.20. The number of nitrogens with zero attached hydrogens (tertiary/aromatic N) is 2. The molecule has 0 bridgehead atoms. The van der Waals surface area contributed by atoms with Gasteiger partial charge in [0.25, 0.3) is 0 Å². The molecule has 82 valence electrons. The van der Waals surface area contributed by atoms with Gasteiger partial charge in [0, 0.05) is 18.5 Å². The van der Waals surface area contributed by atoms with Crippen LogP contribution < -0.4 is 4.90 Å². The van der Waals surface area contributed by atoms with Gasteiger partial charge in [0.05, 0.1) is 0 Å². The van der Waals surface area contributed by atoms with Gasteiger partial charge in [0.1, 0.15) is 11.0 Å². The van der Waals surface area contributed by atoms with Crippen LogP contribution in [0.4, 0.5) is 5.82 Å². The molecule has 2 nitrogen and oxygen atoms in total. The van der Waals surface area contributed by atoms with E-state index in [0.29, 0.717) is 5.15 Å². The molecule has 0 unspecified atom stereocenters. The Morgan fingerprint density at radius 3 is 2.69 bits per heavy atom. The maximum atomic E-state index is 6.20. The third-order valence-corrected chi connectivity index (χ3v) is 3.40. The zero-order valence-electron chi connectivity index (χ0n) is 8.99. The van der Waals surface area contributed by atoms with Crippen molar-refractivity contribution in [2.45, 2.75) is 12.8 Å². The molecule has 3 rings (SSSR count). The molecule has 3 heteroatoms.